The predicted molar refractivity (Wildman–Crippen MR) is 48.1 cm³/mol. The van der Waals surface area contributed by atoms with Gasteiger partial charge in [-0.1, -0.05) is 12.0 Å². The quantitative estimate of drug-likeness (QED) is 0.604. The fourth-order valence-electron chi connectivity index (χ4n) is 1.85. The van der Waals surface area contributed by atoms with Crippen molar-refractivity contribution in [3.63, 3.8) is 0 Å². The van der Waals surface area contributed by atoms with Crippen LogP contribution in [0.1, 0.15) is 13.3 Å². The van der Waals surface area contributed by atoms with Crippen molar-refractivity contribution < 1.29 is 0 Å². The molecule has 0 amide bonds. The molecule has 1 fully saturated rings. The summed E-state index contributed by atoms with van der Waals surface area (Å²) in [6, 6.07) is 0.224. The number of aromatic nitrogens is 4. The smallest absolute Gasteiger partial charge is 0.265 e. The molecule has 1 aliphatic rings. The molecular weight excluding hydrogens is 168 g/mol. The van der Waals surface area contributed by atoms with Crippen LogP contribution in [0.5, 0.6) is 0 Å². The van der Waals surface area contributed by atoms with Crippen molar-refractivity contribution in [2.45, 2.75) is 19.4 Å². The minimum atomic E-state index is 0.224. The number of nitrogens with zero attached hydrogens (tertiary/aromatic N) is 4. The van der Waals surface area contributed by atoms with Crippen molar-refractivity contribution in [2.24, 2.45) is 11.7 Å². The van der Waals surface area contributed by atoms with Crippen molar-refractivity contribution in [1.29, 1.82) is 0 Å². The van der Waals surface area contributed by atoms with Gasteiger partial charge in [-0.25, -0.2) is 0 Å². The summed E-state index contributed by atoms with van der Waals surface area (Å²) in [5.74, 6) is 1.25. The minimum Gasteiger partial charge on any atom is -0.336 e. The molecule has 1 aliphatic heterocycles. The average Bonchev–Trinajstić information content (AvgIpc) is 2.53. The van der Waals surface area contributed by atoms with E-state index in [1.54, 1.807) is 0 Å². The number of rotatable bonds is 1. The molecule has 3 N–H and O–H groups in total. The molecule has 2 heterocycles. The van der Waals surface area contributed by atoms with Crippen LogP contribution in [-0.4, -0.2) is 39.8 Å². The van der Waals surface area contributed by atoms with Gasteiger partial charge < -0.3 is 10.6 Å². The second-order valence-electron chi connectivity index (χ2n) is 3.72. The first kappa shape index (κ1) is 8.43. The van der Waals surface area contributed by atoms with E-state index in [-0.39, 0.29) is 6.04 Å². The van der Waals surface area contributed by atoms with Crippen LogP contribution < -0.4 is 10.6 Å². The topological polar surface area (TPSA) is 83.7 Å². The number of piperidine rings is 1. The van der Waals surface area contributed by atoms with E-state index >= 15 is 0 Å². The zero-order valence-corrected chi connectivity index (χ0v) is 7.64. The Kier molecular flexibility index (Phi) is 2.13. The number of hydrogen-bond acceptors (Lipinski definition) is 5. The average molecular weight is 182 g/mol. The van der Waals surface area contributed by atoms with Gasteiger partial charge in [-0.05, 0) is 17.6 Å². The monoisotopic (exact) mass is 182 g/mol. The summed E-state index contributed by atoms with van der Waals surface area (Å²) in [6.07, 6.45) is 1.08. The van der Waals surface area contributed by atoms with Gasteiger partial charge in [-0.15, -0.1) is 5.10 Å². The van der Waals surface area contributed by atoms with E-state index in [1.807, 2.05) is 0 Å². The third-order valence-corrected chi connectivity index (χ3v) is 2.31. The highest BCUT2D eigenvalue weighted by molar-refractivity contribution is 5.27. The van der Waals surface area contributed by atoms with Crippen molar-refractivity contribution >= 4 is 5.95 Å². The highest BCUT2D eigenvalue weighted by Gasteiger charge is 2.24. The van der Waals surface area contributed by atoms with Crippen LogP contribution in [-0.2, 0) is 0 Å². The van der Waals surface area contributed by atoms with Crippen LogP contribution in [0.2, 0.25) is 0 Å². The van der Waals surface area contributed by atoms with E-state index < -0.39 is 0 Å². The molecule has 0 aliphatic carbocycles. The molecule has 13 heavy (non-hydrogen) atoms. The summed E-state index contributed by atoms with van der Waals surface area (Å²) in [5, 5.41) is 13.8. The molecule has 1 saturated heterocycles. The fourth-order valence-corrected chi connectivity index (χ4v) is 1.85. The standard InChI is InChI=1S/C7H14N6/c1-5-2-6(8)4-13(3-5)7-9-11-12-10-7/h5-6H,2-4,8H2,1H3,(H,9,10,11,12)/t5-,6+/m1/s1. The first-order chi connectivity index (χ1) is 6.25. The molecule has 1 aromatic rings. The molecule has 0 unspecified atom stereocenters. The van der Waals surface area contributed by atoms with Gasteiger partial charge in [0.05, 0.1) is 0 Å². The summed E-state index contributed by atoms with van der Waals surface area (Å²) in [4.78, 5) is 2.07. The Morgan fingerprint density at radius 3 is 3.00 bits per heavy atom. The molecule has 1 aromatic heterocycles. The van der Waals surface area contributed by atoms with Crippen molar-refractivity contribution in [1.82, 2.24) is 20.6 Å². The van der Waals surface area contributed by atoms with Crippen LogP contribution in [0.15, 0.2) is 0 Å². The Balaban J connectivity index is 2.07. The second kappa shape index (κ2) is 3.29. The molecule has 6 heteroatoms. The summed E-state index contributed by atoms with van der Waals surface area (Å²) >= 11 is 0. The lowest BCUT2D eigenvalue weighted by atomic mass is 9.97. The molecular formula is C7H14N6. The lowest BCUT2D eigenvalue weighted by Gasteiger charge is -2.33. The van der Waals surface area contributed by atoms with E-state index in [0.29, 0.717) is 11.9 Å². The zero-order valence-electron chi connectivity index (χ0n) is 7.64. The van der Waals surface area contributed by atoms with E-state index in [2.05, 4.69) is 32.4 Å². The fraction of sp³-hybridized carbons (Fsp3) is 0.857. The second-order valence-corrected chi connectivity index (χ2v) is 3.72. The van der Waals surface area contributed by atoms with Gasteiger partial charge in [0.2, 0.25) is 0 Å². The van der Waals surface area contributed by atoms with Crippen LogP contribution in [0.25, 0.3) is 0 Å². The number of tetrazole rings is 1. The molecule has 0 aromatic carbocycles. The van der Waals surface area contributed by atoms with Crippen molar-refractivity contribution in [3.05, 3.63) is 0 Å². The highest BCUT2D eigenvalue weighted by Crippen LogP contribution is 2.17. The maximum absolute atomic E-state index is 5.89. The van der Waals surface area contributed by atoms with E-state index in [4.69, 9.17) is 5.73 Å². The van der Waals surface area contributed by atoms with Gasteiger partial charge in [0.15, 0.2) is 0 Å². The molecule has 2 rings (SSSR count). The van der Waals surface area contributed by atoms with Crippen molar-refractivity contribution in [2.75, 3.05) is 18.0 Å². The summed E-state index contributed by atoms with van der Waals surface area (Å²) in [7, 11) is 0. The van der Waals surface area contributed by atoms with E-state index in [1.165, 1.54) is 0 Å². The molecule has 2 atom stereocenters. The predicted octanol–water partition coefficient (Wildman–Crippen LogP) is -0.627. The molecule has 0 spiro atoms. The number of H-pyrrole nitrogens is 1. The Bertz CT molecular complexity index is 248. The minimum absolute atomic E-state index is 0.224. The Morgan fingerprint density at radius 1 is 1.54 bits per heavy atom. The summed E-state index contributed by atoms with van der Waals surface area (Å²) < 4.78 is 0. The third kappa shape index (κ3) is 1.77. The summed E-state index contributed by atoms with van der Waals surface area (Å²) in [6.45, 7) is 3.98. The maximum Gasteiger partial charge on any atom is 0.265 e. The molecule has 0 saturated carbocycles. The maximum atomic E-state index is 5.89. The first-order valence-corrected chi connectivity index (χ1v) is 4.49. The van der Waals surface area contributed by atoms with Gasteiger partial charge >= 0.3 is 0 Å². The molecule has 0 bridgehead atoms. The van der Waals surface area contributed by atoms with Gasteiger partial charge in [0.1, 0.15) is 0 Å². The Morgan fingerprint density at radius 2 is 2.38 bits per heavy atom. The zero-order chi connectivity index (χ0) is 9.26. The molecule has 72 valence electrons. The van der Waals surface area contributed by atoms with Crippen LogP contribution in [0, 0.1) is 5.92 Å². The van der Waals surface area contributed by atoms with Gasteiger partial charge in [0.25, 0.3) is 5.95 Å². The number of anilines is 1. The normalized spacial score (nSPS) is 29.2. The molecule has 6 nitrogen and oxygen atoms in total. The lowest BCUT2D eigenvalue weighted by molar-refractivity contribution is 0.398. The Hall–Kier alpha value is -1.17. The van der Waals surface area contributed by atoms with Gasteiger partial charge in [-0.3, -0.25) is 0 Å². The SMILES string of the molecule is C[C@@H]1C[C@H](N)CN(c2nn[nH]n2)C1. The van der Waals surface area contributed by atoms with Gasteiger partial charge in [0, 0.05) is 19.1 Å². The third-order valence-electron chi connectivity index (χ3n) is 2.31. The van der Waals surface area contributed by atoms with Crippen LogP contribution in [0.4, 0.5) is 5.95 Å². The summed E-state index contributed by atoms with van der Waals surface area (Å²) in [5.41, 5.74) is 5.89. The van der Waals surface area contributed by atoms with E-state index in [9.17, 15) is 0 Å². The largest absolute Gasteiger partial charge is 0.336 e. The van der Waals surface area contributed by atoms with Crippen LogP contribution in [0.3, 0.4) is 0 Å². The highest BCUT2D eigenvalue weighted by atomic mass is 15.5. The number of aromatic amines is 1. The first-order valence-electron chi connectivity index (χ1n) is 4.49. The van der Waals surface area contributed by atoms with E-state index in [0.717, 1.165) is 19.5 Å². The van der Waals surface area contributed by atoms with Crippen LogP contribution >= 0.6 is 0 Å². The molecule has 0 radical (unpaired) electrons. The number of hydrogen-bond donors (Lipinski definition) is 2. The number of nitrogens with two attached hydrogens (primary N) is 1. The van der Waals surface area contributed by atoms with Crippen molar-refractivity contribution in [3.8, 4) is 0 Å². The number of nitrogens with one attached hydrogen (secondary N) is 1. The Labute approximate surface area is 76.5 Å². The lowest BCUT2D eigenvalue weighted by Crippen LogP contribution is -2.46. The van der Waals surface area contributed by atoms with Gasteiger partial charge in [-0.2, -0.15) is 5.21 Å².